The molecule has 7 heteroatoms. The summed E-state index contributed by atoms with van der Waals surface area (Å²) >= 11 is 0. The zero-order valence-corrected chi connectivity index (χ0v) is 12.3. The van der Waals surface area contributed by atoms with Crippen LogP contribution in [0.5, 0.6) is 5.75 Å². The van der Waals surface area contributed by atoms with Crippen LogP contribution in [0.1, 0.15) is 21.6 Å². The van der Waals surface area contributed by atoms with Gasteiger partial charge in [0, 0.05) is 12.4 Å². The van der Waals surface area contributed by atoms with Crippen molar-refractivity contribution in [3.05, 3.63) is 53.6 Å². The van der Waals surface area contributed by atoms with Gasteiger partial charge in [-0.1, -0.05) is 6.07 Å². The number of carbonyl (C=O) groups is 2. The van der Waals surface area contributed by atoms with E-state index in [0.29, 0.717) is 5.75 Å². The van der Waals surface area contributed by atoms with E-state index < -0.39 is 11.8 Å². The van der Waals surface area contributed by atoms with Crippen molar-refractivity contribution in [3.63, 3.8) is 0 Å². The molecule has 7 nitrogen and oxygen atoms in total. The number of carbonyl (C=O) groups excluding carboxylic acids is 2. The summed E-state index contributed by atoms with van der Waals surface area (Å²) in [5.41, 5.74) is 6.81. The Labute approximate surface area is 127 Å². The van der Waals surface area contributed by atoms with E-state index in [9.17, 15) is 9.59 Å². The highest BCUT2D eigenvalue weighted by atomic mass is 16.5. The third-order valence-electron chi connectivity index (χ3n) is 2.96. The summed E-state index contributed by atoms with van der Waals surface area (Å²) in [6.07, 6.45) is 4.14. The lowest BCUT2D eigenvalue weighted by Crippen LogP contribution is -2.44. The first-order chi connectivity index (χ1) is 10.6. The molecular weight excluding hydrogens is 284 g/mol. The van der Waals surface area contributed by atoms with Crippen LogP contribution in [0.2, 0.25) is 0 Å². The zero-order chi connectivity index (χ0) is 15.9. The lowest BCUT2D eigenvalue weighted by Gasteiger charge is -2.09. The molecule has 0 aliphatic rings. The van der Waals surface area contributed by atoms with Gasteiger partial charge in [0.2, 0.25) is 0 Å². The van der Waals surface area contributed by atoms with Gasteiger partial charge >= 0.3 is 0 Å². The normalized spacial score (nSPS) is 9.91. The van der Waals surface area contributed by atoms with Crippen LogP contribution in [0, 0.1) is 13.8 Å². The van der Waals surface area contributed by atoms with Gasteiger partial charge < -0.3 is 4.74 Å². The number of amides is 2. The van der Waals surface area contributed by atoms with Gasteiger partial charge in [0.05, 0.1) is 6.20 Å². The molecular formula is C15H16N4O3. The van der Waals surface area contributed by atoms with Gasteiger partial charge in [-0.3, -0.25) is 25.4 Å². The van der Waals surface area contributed by atoms with E-state index in [1.165, 1.54) is 18.6 Å². The molecule has 0 unspecified atom stereocenters. The third kappa shape index (κ3) is 4.27. The van der Waals surface area contributed by atoms with Crippen LogP contribution in [0.4, 0.5) is 0 Å². The molecule has 1 aromatic carbocycles. The van der Waals surface area contributed by atoms with Crippen molar-refractivity contribution in [1.82, 2.24) is 20.8 Å². The van der Waals surface area contributed by atoms with E-state index in [1.54, 1.807) is 6.07 Å². The van der Waals surface area contributed by atoms with Gasteiger partial charge in [-0.2, -0.15) is 0 Å². The Morgan fingerprint density at radius 2 is 1.95 bits per heavy atom. The Hall–Kier alpha value is -2.96. The van der Waals surface area contributed by atoms with Crippen LogP contribution in [0.3, 0.4) is 0 Å². The number of ether oxygens (including phenoxy) is 1. The molecule has 2 rings (SSSR count). The van der Waals surface area contributed by atoms with Crippen molar-refractivity contribution in [3.8, 4) is 5.75 Å². The SMILES string of the molecule is Cc1ccc(OCC(=O)NNC(=O)c2cnccn2)cc1C. The molecule has 0 saturated carbocycles. The van der Waals surface area contributed by atoms with Crippen LogP contribution in [-0.4, -0.2) is 28.4 Å². The van der Waals surface area contributed by atoms with E-state index in [1.807, 2.05) is 26.0 Å². The first-order valence-corrected chi connectivity index (χ1v) is 6.61. The second-order valence-electron chi connectivity index (χ2n) is 4.63. The summed E-state index contributed by atoms with van der Waals surface area (Å²) in [5.74, 6) is -0.429. The number of hydrazine groups is 1. The molecule has 2 aromatic rings. The van der Waals surface area contributed by atoms with Gasteiger partial charge in [0.15, 0.2) is 6.61 Å². The minimum atomic E-state index is -0.548. The van der Waals surface area contributed by atoms with Gasteiger partial charge in [0.1, 0.15) is 11.4 Å². The summed E-state index contributed by atoms with van der Waals surface area (Å²) in [5, 5.41) is 0. The average Bonchev–Trinajstić information content (AvgIpc) is 2.54. The van der Waals surface area contributed by atoms with Crippen LogP contribution < -0.4 is 15.6 Å². The van der Waals surface area contributed by atoms with E-state index in [-0.39, 0.29) is 12.3 Å². The van der Waals surface area contributed by atoms with Crippen LogP contribution in [0.25, 0.3) is 0 Å². The number of aromatic nitrogens is 2. The fourth-order valence-corrected chi connectivity index (χ4v) is 1.60. The Bertz CT molecular complexity index is 674. The Kier molecular flexibility index (Phi) is 5.02. The lowest BCUT2D eigenvalue weighted by molar-refractivity contribution is -0.123. The number of rotatable bonds is 4. The minimum Gasteiger partial charge on any atom is -0.484 e. The maximum Gasteiger partial charge on any atom is 0.289 e. The lowest BCUT2D eigenvalue weighted by atomic mass is 10.1. The summed E-state index contributed by atoms with van der Waals surface area (Å²) in [4.78, 5) is 30.8. The van der Waals surface area contributed by atoms with E-state index >= 15 is 0 Å². The summed E-state index contributed by atoms with van der Waals surface area (Å²) in [7, 11) is 0. The molecule has 22 heavy (non-hydrogen) atoms. The van der Waals surface area contributed by atoms with E-state index in [0.717, 1.165) is 11.1 Å². The number of hydrogen-bond acceptors (Lipinski definition) is 5. The third-order valence-corrected chi connectivity index (χ3v) is 2.96. The van der Waals surface area contributed by atoms with E-state index in [4.69, 9.17) is 4.74 Å². The van der Waals surface area contributed by atoms with Gasteiger partial charge in [-0.05, 0) is 37.1 Å². The highest BCUT2D eigenvalue weighted by Gasteiger charge is 2.09. The first kappa shape index (κ1) is 15.4. The molecule has 0 aliphatic carbocycles. The average molecular weight is 300 g/mol. The van der Waals surface area contributed by atoms with Crippen LogP contribution in [0.15, 0.2) is 36.8 Å². The van der Waals surface area contributed by atoms with Gasteiger partial charge in [-0.15, -0.1) is 0 Å². The molecule has 2 amide bonds. The predicted octanol–water partition coefficient (Wildman–Crippen LogP) is 0.933. The number of aryl methyl sites for hydroxylation is 2. The molecule has 0 aliphatic heterocycles. The molecule has 1 aromatic heterocycles. The maximum atomic E-state index is 11.6. The van der Waals surface area contributed by atoms with Crippen LogP contribution in [-0.2, 0) is 4.79 Å². The minimum absolute atomic E-state index is 0.109. The fourth-order valence-electron chi connectivity index (χ4n) is 1.60. The summed E-state index contributed by atoms with van der Waals surface area (Å²) < 4.78 is 5.35. The number of nitrogens with one attached hydrogen (secondary N) is 2. The molecule has 0 spiro atoms. The predicted molar refractivity (Wildman–Crippen MR) is 79.1 cm³/mol. The number of hydrogen-bond donors (Lipinski definition) is 2. The van der Waals surface area contributed by atoms with Gasteiger partial charge in [0.25, 0.3) is 11.8 Å². The van der Waals surface area contributed by atoms with Crippen molar-refractivity contribution >= 4 is 11.8 Å². The molecule has 0 radical (unpaired) electrons. The summed E-state index contributed by atoms with van der Waals surface area (Å²) in [6, 6.07) is 5.55. The quantitative estimate of drug-likeness (QED) is 0.819. The Balaban J connectivity index is 1.78. The van der Waals surface area contributed by atoms with Crippen molar-refractivity contribution in [2.75, 3.05) is 6.61 Å². The number of benzene rings is 1. The molecule has 114 valence electrons. The smallest absolute Gasteiger partial charge is 0.289 e. The monoisotopic (exact) mass is 300 g/mol. The molecule has 0 atom stereocenters. The van der Waals surface area contributed by atoms with Crippen molar-refractivity contribution in [1.29, 1.82) is 0 Å². The van der Waals surface area contributed by atoms with Crippen molar-refractivity contribution < 1.29 is 14.3 Å². The van der Waals surface area contributed by atoms with Crippen molar-refractivity contribution in [2.45, 2.75) is 13.8 Å². The molecule has 0 fully saturated rings. The second kappa shape index (κ2) is 7.16. The standard InChI is InChI=1S/C15H16N4O3/c1-10-3-4-12(7-11(10)2)22-9-14(20)18-19-15(21)13-8-16-5-6-17-13/h3-8H,9H2,1-2H3,(H,18,20)(H,19,21). The highest BCUT2D eigenvalue weighted by molar-refractivity contribution is 5.93. The zero-order valence-electron chi connectivity index (χ0n) is 12.3. The van der Waals surface area contributed by atoms with Crippen LogP contribution >= 0.6 is 0 Å². The van der Waals surface area contributed by atoms with Crippen molar-refractivity contribution in [2.24, 2.45) is 0 Å². The first-order valence-electron chi connectivity index (χ1n) is 6.61. The topological polar surface area (TPSA) is 93.2 Å². The Morgan fingerprint density at radius 3 is 2.64 bits per heavy atom. The number of nitrogens with zero attached hydrogens (tertiary/aromatic N) is 2. The Morgan fingerprint density at radius 1 is 1.14 bits per heavy atom. The molecule has 0 bridgehead atoms. The highest BCUT2D eigenvalue weighted by Crippen LogP contribution is 2.16. The maximum absolute atomic E-state index is 11.6. The molecule has 1 heterocycles. The molecule has 0 saturated heterocycles. The second-order valence-corrected chi connectivity index (χ2v) is 4.63. The largest absolute Gasteiger partial charge is 0.484 e. The van der Waals surface area contributed by atoms with E-state index in [2.05, 4.69) is 20.8 Å². The van der Waals surface area contributed by atoms with Gasteiger partial charge in [-0.25, -0.2) is 4.98 Å². The fraction of sp³-hybridized carbons (Fsp3) is 0.200. The molecule has 2 N–H and O–H groups in total. The summed E-state index contributed by atoms with van der Waals surface area (Å²) in [6.45, 7) is 3.75.